The first-order valence-corrected chi connectivity index (χ1v) is 6.94. The second kappa shape index (κ2) is 5.60. The van der Waals surface area contributed by atoms with Crippen molar-refractivity contribution < 1.29 is 4.79 Å². The lowest BCUT2D eigenvalue weighted by molar-refractivity contribution is 0.102. The molecule has 0 spiro atoms. The first kappa shape index (κ1) is 13.7. The molecule has 0 saturated heterocycles. The lowest BCUT2D eigenvalue weighted by Gasteiger charge is -2.10. The Bertz CT molecular complexity index is 820. The van der Waals surface area contributed by atoms with Crippen LogP contribution in [0.1, 0.15) is 10.4 Å². The minimum Gasteiger partial charge on any atom is -0.322 e. The molecule has 0 fully saturated rings. The average molecular weight is 321 g/mol. The van der Waals surface area contributed by atoms with E-state index < -0.39 is 0 Å². The number of amides is 1. The van der Waals surface area contributed by atoms with Crippen LogP contribution >= 0.6 is 23.3 Å². The highest BCUT2D eigenvalue weighted by Crippen LogP contribution is 2.30. The Balaban J connectivity index is 2.00. The summed E-state index contributed by atoms with van der Waals surface area (Å²) in [5.74, 6) is 5.00. The van der Waals surface area contributed by atoms with Crippen LogP contribution in [-0.4, -0.2) is 19.6 Å². The van der Waals surface area contributed by atoms with Crippen molar-refractivity contribution in [3.05, 3.63) is 41.2 Å². The molecule has 0 radical (unpaired) electrons. The average Bonchev–Trinajstić information content (AvgIpc) is 2.98. The van der Waals surface area contributed by atoms with Gasteiger partial charge in [-0.3, -0.25) is 15.6 Å². The number of aromatic nitrogens is 3. The molecular formula is C12H9ClN6OS. The quantitative estimate of drug-likeness (QED) is 0.505. The summed E-state index contributed by atoms with van der Waals surface area (Å²) in [7, 11) is 0. The summed E-state index contributed by atoms with van der Waals surface area (Å²) in [4.78, 5) is 16.3. The summed E-state index contributed by atoms with van der Waals surface area (Å²) in [6.07, 6.45) is 2.96. The number of hydrogen-bond donors (Lipinski definition) is 3. The molecule has 1 amide bonds. The van der Waals surface area contributed by atoms with Crippen molar-refractivity contribution in [3.8, 4) is 0 Å². The van der Waals surface area contributed by atoms with Crippen molar-refractivity contribution in [1.29, 1.82) is 0 Å². The maximum atomic E-state index is 12.4. The van der Waals surface area contributed by atoms with E-state index >= 15 is 0 Å². The van der Waals surface area contributed by atoms with E-state index in [2.05, 4.69) is 24.5 Å². The van der Waals surface area contributed by atoms with Gasteiger partial charge in [-0.1, -0.05) is 11.6 Å². The van der Waals surface area contributed by atoms with Gasteiger partial charge in [0.1, 0.15) is 11.0 Å². The number of nitrogens with one attached hydrogen (secondary N) is 2. The van der Waals surface area contributed by atoms with E-state index in [-0.39, 0.29) is 5.91 Å². The van der Waals surface area contributed by atoms with Crippen LogP contribution in [0.5, 0.6) is 0 Å². The van der Waals surface area contributed by atoms with E-state index in [0.717, 1.165) is 11.7 Å². The van der Waals surface area contributed by atoms with E-state index in [1.54, 1.807) is 18.2 Å². The molecule has 0 aliphatic carbocycles. The number of halogens is 1. The Kier molecular flexibility index (Phi) is 3.65. The fourth-order valence-electron chi connectivity index (χ4n) is 1.83. The van der Waals surface area contributed by atoms with Gasteiger partial charge in [0, 0.05) is 6.20 Å². The van der Waals surface area contributed by atoms with Gasteiger partial charge in [-0.05, 0) is 18.2 Å². The molecule has 0 aliphatic heterocycles. The molecule has 0 saturated carbocycles. The van der Waals surface area contributed by atoms with Gasteiger partial charge in [0.25, 0.3) is 5.91 Å². The minimum atomic E-state index is -0.368. The van der Waals surface area contributed by atoms with Gasteiger partial charge in [-0.25, -0.2) is 0 Å². The number of nitrogen functional groups attached to an aromatic ring is 1. The van der Waals surface area contributed by atoms with Crippen LogP contribution in [0, 0.1) is 0 Å². The summed E-state index contributed by atoms with van der Waals surface area (Å²) < 4.78 is 8.26. The number of fused-ring (bicyclic) bond motifs is 1. The highest BCUT2D eigenvalue weighted by atomic mass is 35.5. The van der Waals surface area contributed by atoms with Gasteiger partial charge in [0.05, 0.1) is 39.9 Å². The van der Waals surface area contributed by atoms with Gasteiger partial charge in [-0.15, -0.1) is 0 Å². The number of carbonyl (C=O) groups excluding carboxylic acids is 1. The molecule has 2 heterocycles. The van der Waals surface area contributed by atoms with Gasteiger partial charge in [0.15, 0.2) is 0 Å². The van der Waals surface area contributed by atoms with E-state index in [0.29, 0.717) is 33.0 Å². The van der Waals surface area contributed by atoms with E-state index in [1.165, 1.54) is 12.4 Å². The molecule has 0 atom stereocenters. The standard InChI is InChI=1S/C12H9ClN6OS/c13-7-1-2-8-11(19-21-18-8)10(7)16-12(20)6-3-4-15-5-9(6)17-14/h1-5,17H,14H2,(H,16,20). The number of pyridine rings is 1. The lowest BCUT2D eigenvalue weighted by Crippen LogP contribution is -2.17. The number of hydrazine groups is 1. The zero-order chi connectivity index (χ0) is 14.8. The van der Waals surface area contributed by atoms with Crippen LogP contribution in [0.4, 0.5) is 11.4 Å². The number of benzene rings is 1. The predicted octanol–water partition coefficient (Wildman–Crippen LogP) is 2.28. The van der Waals surface area contributed by atoms with Crippen LogP contribution in [0.2, 0.25) is 5.02 Å². The molecule has 2 aromatic heterocycles. The molecule has 1 aromatic carbocycles. The maximum absolute atomic E-state index is 12.4. The van der Waals surface area contributed by atoms with E-state index in [9.17, 15) is 4.79 Å². The normalized spacial score (nSPS) is 10.6. The number of rotatable bonds is 3. The van der Waals surface area contributed by atoms with Gasteiger partial charge in [-0.2, -0.15) is 8.75 Å². The molecule has 4 N–H and O–H groups in total. The molecule has 7 nitrogen and oxygen atoms in total. The Morgan fingerprint density at radius 2 is 2.14 bits per heavy atom. The summed E-state index contributed by atoms with van der Waals surface area (Å²) >= 11 is 7.19. The predicted molar refractivity (Wildman–Crippen MR) is 82.4 cm³/mol. The van der Waals surface area contributed by atoms with Gasteiger partial charge < -0.3 is 10.7 Å². The van der Waals surface area contributed by atoms with Crippen LogP contribution in [0.15, 0.2) is 30.6 Å². The minimum absolute atomic E-state index is 0.351. The Hall–Kier alpha value is -2.29. The summed E-state index contributed by atoms with van der Waals surface area (Å²) in [6.45, 7) is 0. The molecule has 21 heavy (non-hydrogen) atoms. The van der Waals surface area contributed by atoms with Crippen LogP contribution in [0.3, 0.4) is 0 Å². The third-order valence-electron chi connectivity index (χ3n) is 2.84. The fourth-order valence-corrected chi connectivity index (χ4v) is 2.58. The van der Waals surface area contributed by atoms with Crippen molar-refractivity contribution >= 4 is 51.6 Å². The zero-order valence-corrected chi connectivity index (χ0v) is 12.1. The van der Waals surface area contributed by atoms with Crippen molar-refractivity contribution in [2.75, 3.05) is 10.7 Å². The first-order valence-electron chi connectivity index (χ1n) is 5.83. The van der Waals surface area contributed by atoms with Gasteiger partial charge >= 0.3 is 0 Å². The van der Waals surface area contributed by atoms with E-state index in [4.69, 9.17) is 17.4 Å². The number of nitrogens with zero attached hydrogens (tertiary/aromatic N) is 3. The third-order valence-corrected chi connectivity index (χ3v) is 3.69. The molecular weight excluding hydrogens is 312 g/mol. The monoisotopic (exact) mass is 320 g/mol. The molecule has 3 aromatic rings. The number of anilines is 2. The largest absolute Gasteiger partial charge is 0.322 e. The third kappa shape index (κ3) is 2.51. The lowest BCUT2D eigenvalue weighted by atomic mass is 10.2. The molecule has 0 bridgehead atoms. The van der Waals surface area contributed by atoms with Crippen molar-refractivity contribution in [3.63, 3.8) is 0 Å². The van der Waals surface area contributed by atoms with Crippen LogP contribution < -0.4 is 16.6 Å². The van der Waals surface area contributed by atoms with Crippen LogP contribution in [-0.2, 0) is 0 Å². The van der Waals surface area contributed by atoms with Crippen molar-refractivity contribution in [1.82, 2.24) is 13.7 Å². The fraction of sp³-hybridized carbons (Fsp3) is 0. The van der Waals surface area contributed by atoms with Crippen molar-refractivity contribution in [2.45, 2.75) is 0 Å². The maximum Gasteiger partial charge on any atom is 0.258 e. The smallest absolute Gasteiger partial charge is 0.258 e. The highest BCUT2D eigenvalue weighted by Gasteiger charge is 2.16. The summed E-state index contributed by atoms with van der Waals surface area (Å²) in [5.41, 5.74) is 4.84. The number of hydrogen-bond acceptors (Lipinski definition) is 7. The number of nitrogens with two attached hydrogens (primary N) is 1. The highest BCUT2D eigenvalue weighted by molar-refractivity contribution is 7.00. The zero-order valence-electron chi connectivity index (χ0n) is 10.5. The topological polar surface area (TPSA) is 106 Å². The molecule has 106 valence electrons. The second-order valence-electron chi connectivity index (χ2n) is 4.07. The summed E-state index contributed by atoms with van der Waals surface area (Å²) in [5, 5.41) is 3.13. The van der Waals surface area contributed by atoms with Crippen LogP contribution in [0.25, 0.3) is 11.0 Å². The molecule has 0 aliphatic rings. The Morgan fingerprint density at radius 1 is 1.29 bits per heavy atom. The molecule has 0 unspecified atom stereocenters. The Morgan fingerprint density at radius 3 is 2.95 bits per heavy atom. The van der Waals surface area contributed by atoms with Crippen molar-refractivity contribution in [2.24, 2.45) is 5.84 Å². The van der Waals surface area contributed by atoms with Gasteiger partial charge in [0.2, 0.25) is 0 Å². The SMILES string of the molecule is NNc1cnccc1C(=O)Nc1c(Cl)ccc2nsnc12. The molecule has 3 rings (SSSR count). The summed E-state index contributed by atoms with van der Waals surface area (Å²) in [6, 6.07) is 4.96. The second-order valence-corrected chi connectivity index (χ2v) is 5.01. The molecule has 9 heteroatoms. The first-order chi connectivity index (χ1) is 10.2. The van der Waals surface area contributed by atoms with E-state index in [1.807, 2.05) is 0 Å². The Labute approximate surface area is 128 Å². The number of carbonyl (C=O) groups is 1.